The average molecular weight is 213 g/mol. The molecule has 0 bridgehead atoms. The highest BCUT2D eigenvalue weighted by atomic mass is 32.1. The van der Waals surface area contributed by atoms with Crippen LogP contribution in [0, 0.1) is 0 Å². The average Bonchev–Trinajstić information content (AvgIpc) is 2.67. The summed E-state index contributed by atoms with van der Waals surface area (Å²) >= 11 is 1.51. The second-order valence-electron chi connectivity index (χ2n) is 3.48. The van der Waals surface area contributed by atoms with E-state index >= 15 is 0 Å². The third-order valence-electron chi connectivity index (χ3n) is 2.15. The standard InChI is InChI=1S/C10H19N3S/c1-3-5-9(11-6-4-2)7-10-12-8-13-14-10/h8-9,11H,3-7H2,1-2H3. The van der Waals surface area contributed by atoms with Gasteiger partial charge in [0, 0.05) is 12.5 Å². The Morgan fingerprint density at radius 3 is 2.86 bits per heavy atom. The van der Waals surface area contributed by atoms with Gasteiger partial charge in [0.05, 0.1) is 0 Å². The fraction of sp³-hybridized carbons (Fsp3) is 0.800. The quantitative estimate of drug-likeness (QED) is 0.755. The second kappa shape index (κ2) is 6.90. The van der Waals surface area contributed by atoms with Gasteiger partial charge in [-0.2, -0.15) is 4.37 Å². The highest BCUT2D eigenvalue weighted by molar-refractivity contribution is 7.05. The summed E-state index contributed by atoms with van der Waals surface area (Å²) in [7, 11) is 0. The van der Waals surface area contributed by atoms with Crippen molar-refractivity contribution in [2.75, 3.05) is 6.54 Å². The van der Waals surface area contributed by atoms with Crippen LogP contribution in [-0.2, 0) is 6.42 Å². The van der Waals surface area contributed by atoms with E-state index in [0.717, 1.165) is 18.0 Å². The van der Waals surface area contributed by atoms with Crippen LogP contribution in [0.25, 0.3) is 0 Å². The molecule has 0 amide bonds. The molecule has 0 aliphatic rings. The van der Waals surface area contributed by atoms with Gasteiger partial charge in [0.25, 0.3) is 0 Å². The maximum absolute atomic E-state index is 4.21. The van der Waals surface area contributed by atoms with Gasteiger partial charge < -0.3 is 5.32 Å². The first kappa shape index (κ1) is 11.6. The molecule has 0 spiro atoms. The maximum atomic E-state index is 4.21. The molecular weight excluding hydrogens is 194 g/mol. The first-order valence-electron chi connectivity index (χ1n) is 5.35. The predicted molar refractivity (Wildman–Crippen MR) is 60.6 cm³/mol. The van der Waals surface area contributed by atoms with Crippen LogP contribution in [0.15, 0.2) is 6.33 Å². The Morgan fingerprint density at radius 2 is 2.29 bits per heavy atom. The fourth-order valence-electron chi connectivity index (χ4n) is 1.47. The minimum Gasteiger partial charge on any atom is -0.314 e. The molecule has 0 saturated carbocycles. The summed E-state index contributed by atoms with van der Waals surface area (Å²) < 4.78 is 4.02. The molecule has 0 fully saturated rings. The number of nitrogens with one attached hydrogen (secondary N) is 1. The Labute approximate surface area is 90.1 Å². The Balaban J connectivity index is 2.34. The lowest BCUT2D eigenvalue weighted by molar-refractivity contribution is 0.472. The van der Waals surface area contributed by atoms with Crippen molar-refractivity contribution in [3.05, 3.63) is 11.3 Å². The monoisotopic (exact) mass is 213 g/mol. The first-order valence-corrected chi connectivity index (χ1v) is 6.13. The zero-order chi connectivity index (χ0) is 10.2. The fourth-order valence-corrected chi connectivity index (χ4v) is 2.06. The molecule has 0 aliphatic heterocycles. The molecule has 80 valence electrons. The molecule has 1 unspecified atom stereocenters. The highest BCUT2D eigenvalue weighted by Gasteiger charge is 2.09. The summed E-state index contributed by atoms with van der Waals surface area (Å²) in [5.41, 5.74) is 0. The van der Waals surface area contributed by atoms with E-state index in [9.17, 15) is 0 Å². The van der Waals surface area contributed by atoms with Crippen molar-refractivity contribution in [3.63, 3.8) is 0 Å². The zero-order valence-electron chi connectivity index (χ0n) is 8.99. The number of aromatic nitrogens is 2. The van der Waals surface area contributed by atoms with E-state index in [1.165, 1.54) is 30.8 Å². The molecule has 0 radical (unpaired) electrons. The minimum atomic E-state index is 0.577. The Kier molecular flexibility index (Phi) is 5.71. The van der Waals surface area contributed by atoms with E-state index in [0.29, 0.717) is 6.04 Å². The highest BCUT2D eigenvalue weighted by Crippen LogP contribution is 2.08. The maximum Gasteiger partial charge on any atom is 0.129 e. The summed E-state index contributed by atoms with van der Waals surface area (Å²) in [6.07, 6.45) is 6.30. The second-order valence-corrected chi connectivity index (χ2v) is 4.34. The summed E-state index contributed by atoms with van der Waals surface area (Å²) in [6, 6.07) is 0.577. The van der Waals surface area contributed by atoms with Crippen molar-refractivity contribution >= 4 is 11.5 Å². The molecule has 1 heterocycles. The molecule has 4 heteroatoms. The molecule has 1 aromatic heterocycles. The molecule has 0 saturated heterocycles. The number of nitrogens with zero attached hydrogens (tertiary/aromatic N) is 2. The van der Waals surface area contributed by atoms with Gasteiger partial charge in [-0.05, 0) is 30.9 Å². The van der Waals surface area contributed by atoms with E-state index in [-0.39, 0.29) is 0 Å². The van der Waals surface area contributed by atoms with Crippen LogP contribution in [-0.4, -0.2) is 21.9 Å². The molecule has 1 rings (SSSR count). The van der Waals surface area contributed by atoms with Crippen LogP contribution >= 0.6 is 11.5 Å². The third-order valence-corrected chi connectivity index (χ3v) is 2.83. The van der Waals surface area contributed by atoms with Crippen molar-refractivity contribution < 1.29 is 0 Å². The molecule has 14 heavy (non-hydrogen) atoms. The van der Waals surface area contributed by atoms with Gasteiger partial charge in [-0.25, -0.2) is 4.98 Å². The molecule has 3 nitrogen and oxygen atoms in total. The lowest BCUT2D eigenvalue weighted by Crippen LogP contribution is -2.31. The van der Waals surface area contributed by atoms with Crippen LogP contribution in [0.1, 0.15) is 38.1 Å². The zero-order valence-corrected chi connectivity index (χ0v) is 9.81. The van der Waals surface area contributed by atoms with Crippen molar-refractivity contribution in [1.82, 2.24) is 14.7 Å². The molecule has 0 aliphatic carbocycles. The van der Waals surface area contributed by atoms with E-state index < -0.39 is 0 Å². The summed E-state index contributed by atoms with van der Waals surface area (Å²) in [5, 5.41) is 4.69. The van der Waals surface area contributed by atoms with E-state index in [1.54, 1.807) is 6.33 Å². The molecule has 1 N–H and O–H groups in total. The van der Waals surface area contributed by atoms with Crippen LogP contribution in [0.5, 0.6) is 0 Å². The summed E-state index contributed by atoms with van der Waals surface area (Å²) in [4.78, 5) is 4.21. The molecule has 1 aromatic rings. The van der Waals surface area contributed by atoms with Crippen molar-refractivity contribution in [1.29, 1.82) is 0 Å². The lowest BCUT2D eigenvalue weighted by Gasteiger charge is -2.15. The van der Waals surface area contributed by atoms with Gasteiger partial charge in [0.1, 0.15) is 11.3 Å². The topological polar surface area (TPSA) is 37.8 Å². The van der Waals surface area contributed by atoms with Crippen molar-refractivity contribution in [2.45, 2.75) is 45.6 Å². The number of rotatable bonds is 7. The van der Waals surface area contributed by atoms with Gasteiger partial charge in [-0.15, -0.1) is 0 Å². The van der Waals surface area contributed by atoms with Gasteiger partial charge in [-0.3, -0.25) is 0 Å². The predicted octanol–water partition coefficient (Wildman–Crippen LogP) is 2.25. The van der Waals surface area contributed by atoms with Crippen molar-refractivity contribution in [3.8, 4) is 0 Å². The van der Waals surface area contributed by atoms with E-state index in [2.05, 4.69) is 28.5 Å². The number of hydrogen-bond donors (Lipinski definition) is 1. The Bertz CT molecular complexity index is 223. The smallest absolute Gasteiger partial charge is 0.129 e. The summed E-state index contributed by atoms with van der Waals surface area (Å²) in [6.45, 7) is 5.52. The third kappa shape index (κ3) is 4.15. The van der Waals surface area contributed by atoms with E-state index in [4.69, 9.17) is 0 Å². The van der Waals surface area contributed by atoms with E-state index in [1.807, 2.05) is 0 Å². The Morgan fingerprint density at radius 1 is 1.43 bits per heavy atom. The SMILES string of the molecule is CCCNC(CCC)Cc1ncns1. The van der Waals surface area contributed by atoms with Gasteiger partial charge in [-0.1, -0.05) is 20.3 Å². The van der Waals surface area contributed by atoms with Gasteiger partial charge in [0.2, 0.25) is 0 Å². The molecule has 1 atom stereocenters. The van der Waals surface area contributed by atoms with Crippen LogP contribution in [0.4, 0.5) is 0 Å². The van der Waals surface area contributed by atoms with Crippen LogP contribution < -0.4 is 5.32 Å². The largest absolute Gasteiger partial charge is 0.314 e. The normalized spacial score (nSPS) is 13.0. The van der Waals surface area contributed by atoms with Crippen LogP contribution in [0.2, 0.25) is 0 Å². The van der Waals surface area contributed by atoms with Crippen molar-refractivity contribution in [2.24, 2.45) is 0 Å². The lowest BCUT2D eigenvalue weighted by atomic mass is 10.1. The number of hydrogen-bond acceptors (Lipinski definition) is 4. The minimum absolute atomic E-state index is 0.577. The van der Waals surface area contributed by atoms with Gasteiger partial charge in [0.15, 0.2) is 0 Å². The molecular formula is C10H19N3S. The molecule has 0 aromatic carbocycles. The Hall–Kier alpha value is -0.480. The van der Waals surface area contributed by atoms with Gasteiger partial charge >= 0.3 is 0 Å². The first-order chi connectivity index (χ1) is 6.86. The summed E-state index contributed by atoms with van der Waals surface area (Å²) in [5.74, 6) is 0. The van der Waals surface area contributed by atoms with Crippen LogP contribution in [0.3, 0.4) is 0 Å².